The van der Waals surface area contributed by atoms with Gasteiger partial charge in [-0.2, -0.15) is 0 Å². The van der Waals surface area contributed by atoms with Crippen LogP contribution in [0.15, 0.2) is 12.7 Å². The molecule has 3 nitrogen and oxygen atoms in total. The van der Waals surface area contributed by atoms with Crippen LogP contribution in [0.5, 0.6) is 0 Å². The topological polar surface area (TPSA) is 57.5 Å². The molecule has 3 aliphatic carbocycles. The van der Waals surface area contributed by atoms with E-state index in [1.165, 1.54) is 0 Å². The van der Waals surface area contributed by atoms with Crippen LogP contribution in [0.2, 0.25) is 0 Å². The fourth-order valence-corrected chi connectivity index (χ4v) is 6.15. The number of carbonyl (C=O) groups is 1. The number of carbonyl (C=O) groups excluding carboxylic acids is 1. The van der Waals surface area contributed by atoms with Gasteiger partial charge in [0.25, 0.3) is 0 Å². The average Bonchev–Trinajstić information content (AvgIpc) is 2.54. The van der Waals surface area contributed by atoms with E-state index in [4.69, 9.17) is 0 Å². The molecule has 23 heavy (non-hydrogen) atoms. The van der Waals surface area contributed by atoms with Crippen LogP contribution in [-0.4, -0.2) is 28.7 Å². The van der Waals surface area contributed by atoms with Crippen LogP contribution in [-0.2, 0) is 4.79 Å². The molecule has 0 bridgehead atoms. The van der Waals surface area contributed by atoms with Gasteiger partial charge in [0, 0.05) is 24.4 Å². The zero-order valence-electron chi connectivity index (χ0n) is 14.8. The van der Waals surface area contributed by atoms with Gasteiger partial charge in [-0.3, -0.25) is 4.79 Å². The summed E-state index contributed by atoms with van der Waals surface area (Å²) in [7, 11) is 0. The maximum Gasteiger partial charge on any atom is 0.136 e. The van der Waals surface area contributed by atoms with Crippen molar-refractivity contribution in [2.75, 3.05) is 6.61 Å². The molecule has 0 amide bonds. The van der Waals surface area contributed by atoms with E-state index in [1.54, 1.807) is 0 Å². The number of rotatable bonds is 2. The third kappa shape index (κ3) is 2.34. The third-order valence-electron chi connectivity index (χ3n) is 7.97. The van der Waals surface area contributed by atoms with E-state index in [1.807, 2.05) is 6.08 Å². The molecule has 0 aromatic carbocycles. The Labute approximate surface area is 140 Å². The molecular formula is C20H32O3. The number of fused-ring (bicyclic) bond motifs is 3. The summed E-state index contributed by atoms with van der Waals surface area (Å²) < 4.78 is 0. The zero-order chi connectivity index (χ0) is 17.0. The van der Waals surface area contributed by atoms with E-state index < -0.39 is 0 Å². The minimum Gasteiger partial charge on any atom is -0.396 e. The quantitative estimate of drug-likeness (QED) is 0.767. The number of aliphatic hydroxyl groups is 2. The van der Waals surface area contributed by atoms with Crippen molar-refractivity contribution in [1.29, 1.82) is 0 Å². The molecule has 130 valence electrons. The van der Waals surface area contributed by atoms with Gasteiger partial charge in [0.1, 0.15) is 5.78 Å². The Bertz CT molecular complexity index is 515. The summed E-state index contributed by atoms with van der Waals surface area (Å²) in [5.41, 5.74) is -0.454. The van der Waals surface area contributed by atoms with E-state index in [9.17, 15) is 15.0 Å². The molecule has 0 heterocycles. The number of hydrogen-bond acceptors (Lipinski definition) is 3. The predicted octanol–water partition coefficient (Wildman–Crippen LogP) is 3.34. The van der Waals surface area contributed by atoms with E-state index in [2.05, 4.69) is 27.4 Å². The molecule has 3 saturated carbocycles. The molecule has 3 aliphatic rings. The van der Waals surface area contributed by atoms with Gasteiger partial charge in [-0.15, -0.1) is 6.58 Å². The molecule has 0 aromatic rings. The first kappa shape index (κ1) is 17.2. The predicted molar refractivity (Wildman–Crippen MR) is 90.8 cm³/mol. The standard InChI is InChI=1S/C20H32O3/c1-5-18(2)8-6-14-13(11-18)15(22)10-16-19(3,12-21)9-7-17(23)20(14,16)4/h5,13-14,16-17,21,23H,1,6-12H2,2-4H3/t13-,14-,16+,17-,18+,19+,20-/m0/s1. The summed E-state index contributed by atoms with van der Waals surface area (Å²) >= 11 is 0. The normalized spacial score (nSPS) is 53.3. The van der Waals surface area contributed by atoms with Crippen LogP contribution in [0.4, 0.5) is 0 Å². The van der Waals surface area contributed by atoms with Crippen molar-refractivity contribution in [2.24, 2.45) is 34.0 Å². The minimum absolute atomic E-state index is 0.0416. The van der Waals surface area contributed by atoms with E-state index in [0.29, 0.717) is 12.2 Å². The first-order valence-electron chi connectivity index (χ1n) is 9.15. The third-order valence-corrected chi connectivity index (χ3v) is 7.97. The van der Waals surface area contributed by atoms with Gasteiger partial charge in [0.2, 0.25) is 0 Å². The Morgan fingerprint density at radius 3 is 2.57 bits per heavy atom. The van der Waals surface area contributed by atoms with Crippen molar-refractivity contribution < 1.29 is 15.0 Å². The lowest BCUT2D eigenvalue weighted by molar-refractivity contribution is -0.194. The highest BCUT2D eigenvalue weighted by Gasteiger charge is 2.63. The Morgan fingerprint density at radius 1 is 1.26 bits per heavy atom. The minimum atomic E-state index is -0.360. The SMILES string of the molecule is C=C[C@]1(C)CC[C@H]2[C@H](C1)C(=O)C[C@@H]1[C@@](C)(CO)CC[C@H](O)[C@]12C. The number of hydrogen-bond donors (Lipinski definition) is 2. The molecule has 0 spiro atoms. The molecule has 3 rings (SSSR count). The number of allylic oxidation sites excluding steroid dienone is 1. The summed E-state index contributed by atoms with van der Waals surface area (Å²) in [5, 5.41) is 20.9. The highest BCUT2D eigenvalue weighted by Crippen LogP contribution is 2.64. The number of aliphatic hydroxyl groups excluding tert-OH is 2. The second-order valence-corrected chi connectivity index (χ2v) is 9.27. The average molecular weight is 320 g/mol. The van der Waals surface area contributed by atoms with E-state index >= 15 is 0 Å². The first-order valence-corrected chi connectivity index (χ1v) is 9.15. The van der Waals surface area contributed by atoms with Crippen molar-refractivity contribution >= 4 is 5.78 Å². The summed E-state index contributed by atoms with van der Waals surface area (Å²) in [6.07, 6.45) is 6.59. The molecule has 3 heteroatoms. The van der Waals surface area contributed by atoms with Crippen molar-refractivity contribution in [3.63, 3.8) is 0 Å². The second kappa shape index (κ2) is 5.42. The van der Waals surface area contributed by atoms with Gasteiger partial charge in [-0.05, 0) is 54.8 Å². The first-order chi connectivity index (χ1) is 10.7. The fourth-order valence-electron chi connectivity index (χ4n) is 6.15. The summed E-state index contributed by atoms with van der Waals surface area (Å²) in [6, 6.07) is 0. The zero-order valence-corrected chi connectivity index (χ0v) is 14.8. The number of ketones is 1. The molecule has 3 fully saturated rings. The van der Waals surface area contributed by atoms with Crippen molar-refractivity contribution in [3.05, 3.63) is 12.7 Å². The molecule has 0 aromatic heterocycles. The molecular weight excluding hydrogens is 288 g/mol. The Morgan fingerprint density at radius 2 is 1.96 bits per heavy atom. The Balaban J connectivity index is 2.00. The van der Waals surface area contributed by atoms with Crippen LogP contribution < -0.4 is 0 Å². The highest BCUT2D eigenvalue weighted by atomic mass is 16.3. The maximum atomic E-state index is 12.9. The molecule has 2 N–H and O–H groups in total. The van der Waals surface area contributed by atoms with Gasteiger partial charge >= 0.3 is 0 Å². The second-order valence-electron chi connectivity index (χ2n) is 9.27. The molecule has 0 saturated heterocycles. The lowest BCUT2D eigenvalue weighted by Gasteiger charge is -2.63. The highest BCUT2D eigenvalue weighted by molar-refractivity contribution is 5.83. The largest absolute Gasteiger partial charge is 0.396 e. The van der Waals surface area contributed by atoms with Crippen LogP contribution in [0.25, 0.3) is 0 Å². The Hall–Kier alpha value is -0.670. The van der Waals surface area contributed by atoms with Crippen LogP contribution in [0, 0.1) is 34.0 Å². The molecule has 0 radical (unpaired) electrons. The van der Waals surface area contributed by atoms with E-state index in [0.717, 1.165) is 32.1 Å². The lowest BCUT2D eigenvalue weighted by atomic mass is 9.42. The summed E-state index contributed by atoms with van der Waals surface area (Å²) in [5.74, 6) is 0.719. The van der Waals surface area contributed by atoms with Gasteiger partial charge in [0.15, 0.2) is 0 Å². The molecule has 0 unspecified atom stereocenters. The van der Waals surface area contributed by atoms with Crippen LogP contribution in [0.3, 0.4) is 0 Å². The smallest absolute Gasteiger partial charge is 0.136 e. The van der Waals surface area contributed by atoms with Crippen LogP contribution >= 0.6 is 0 Å². The van der Waals surface area contributed by atoms with Gasteiger partial charge < -0.3 is 10.2 Å². The maximum absolute atomic E-state index is 12.9. The van der Waals surface area contributed by atoms with Crippen molar-refractivity contribution in [1.82, 2.24) is 0 Å². The fraction of sp³-hybridized carbons (Fsp3) is 0.850. The van der Waals surface area contributed by atoms with Gasteiger partial charge in [-0.1, -0.05) is 26.8 Å². The molecule has 0 aliphatic heterocycles. The van der Waals surface area contributed by atoms with Crippen LogP contribution in [0.1, 0.15) is 59.3 Å². The van der Waals surface area contributed by atoms with Crippen molar-refractivity contribution in [2.45, 2.75) is 65.4 Å². The number of Topliss-reactive ketones (excluding diaryl/α,β-unsaturated/α-hetero) is 1. The summed E-state index contributed by atoms with van der Waals surface area (Å²) in [4.78, 5) is 12.9. The van der Waals surface area contributed by atoms with Gasteiger partial charge in [0.05, 0.1) is 6.10 Å². The Kier molecular flexibility index (Phi) is 4.04. The van der Waals surface area contributed by atoms with E-state index in [-0.39, 0.29) is 46.7 Å². The lowest BCUT2D eigenvalue weighted by Crippen LogP contribution is -2.62. The van der Waals surface area contributed by atoms with Crippen molar-refractivity contribution in [3.8, 4) is 0 Å². The van der Waals surface area contributed by atoms with Gasteiger partial charge in [-0.25, -0.2) is 0 Å². The monoisotopic (exact) mass is 320 g/mol. The summed E-state index contributed by atoms with van der Waals surface area (Å²) in [6.45, 7) is 10.6. The molecule has 7 atom stereocenters.